The van der Waals surface area contributed by atoms with Gasteiger partial charge in [0.15, 0.2) is 0 Å². The fourth-order valence-corrected chi connectivity index (χ4v) is 3.55. The van der Waals surface area contributed by atoms with Gasteiger partial charge in [0.2, 0.25) is 0 Å². The van der Waals surface area contributed by atoms with Gasteiger partial charge in [0, 0.05) is 12.4 Å². The molecule has 2 N–H and O–H groups in total. The van der Waals surface area contributed by atoms with Crippen LogP contribution in [0.2, 0.25) is 5.02 Å². The van der Waals surface area contributed by atoms with Crippen LogP contribution in [0.15, 0.2) is 59.7 Å². The van der Waals surface area contributed by atoms with Gasteiger partial charge in [-0.05, 0) is 55.3 Å². The first kappa shape index (κ1) is 20.4. The normalized spacial score (nSPS) is 17.9. The van der Waals surface area contributed by atoms with Gasteiger partial charge in [-0.2, -0.15) is 0 Å². The number of rotatable bonds is 8. The zero-order valence-electron chi connectivity index (χ0n) is 16.8. The molecule has 30 heavy (non-hydrogen) atoms. The van der Waals surface area contributed by atoms with Gasteiger partial charge in [0.25, 0.3) is 5.56 Å². The molecule has 0 amide bonds. The maximum Gasteiger partial charge on any atom is 0.259 e. The van der Waals surface area contributed by atoms with E-state index in [1.165, 1.54) is 0 Å². The molecule has 156 valence electrons. The van der Waals surface area contributed by atoms with E-state index >= 15 is 0 Å². The number of pyridine rings is 2. The van der Waals surface area contributed by atoms with Gasteiger partial charge in [-0.1, -0.05) is 30.7 Å². The number of nitrogens with one attached hydrogen (secondary N) is 2. The van der Waals surface area contributed by atoms with Crippen molar-refractivity contribution in [2.45, 2.75) is 31.9 Å². The van der Waals surface area contributed by atoms with E-state index in [4.69, 9.17) is 21.1 Å². The molecule has 4 rings (SSSR count). The topological polar surface area (TPSA) is 76.2 Å². The maximum absolute atomic E-state index is 12.5. The third-order valence-electron chi connectivity index (χ3n) is 5.53. The summed E-state index contributed by atoms with van der Waals surface area (Å²) in [6, 6.07) is 12.8. The number of benzene rings is 1. The van der Waals surface area contributed by atoms with Gasteiger partial charge < -0.3 is 19.8 Å². The van der Waals surface area contributed by atoms with Crippen LogP contribution in [-0.4, -0.2) is 28.7 Å². The molecule has 1 aliphatic rings. The third-order valence-corrected chi connectivity index (χ3v) is 5.75. The first-order valence-corrected chi connectivity index (χ1v) is 10.4. The number of aromatic amines is 1. The summed E-state index contributed by atoms with van der Waals surface area (Å²) in [5.74, 6) is 1.27. The molecule has 1 atom stereocenters. The van der Waals surface area contributed by atoms with Crippen molar-refractivity contribution < 1.29 is 9.47 Å². The molecule has 3 heterocycles. The van der Waals surface area contributed by atoms with Crippen molar-refractivity contribution in [3.63, 3.8) is 0 Å². The standard InChI is InChI=1S/C23H24ClN3O3/c1-2-23(10-12-27-23)15-30-19-7-3-16(4-8-19)21-20(9-11-25-22(21)28)29-14-18-6-5-17(24)13-26-18/h3-9,11,13,27H,2,10,12,14-15H2,1H3,(H,25,28)/t23-/m0/s1. The minimum Gasteiger partial charge on any atom is -0.492 e. The van der Waals surface area contributed by atoms with Gasteiger partial charge >= 0.3 is 0 Å². The fraction of sp³-hybridized carbons (Fsp3) is 0.304. The number of aromatic nitrogens is 2. The van der Waals surface area contributed by atoms with Crippen LogP contribution in [0.1, 0.15) is 25.5 Å². The predicted molar refractivity (Wildman–Crippen MR) is 117 cm³/mol. The Morgan fingerprint density at radius 3 is 2.57 bits per heavy atom. The average Bonchev–Trinajstić information content (AvgIpc) is 2.74. The van der Waals surface area contributed by atoms with Crippen molar-refractivity contribution in [3.8, 4) is 22.6 Å². The largest absolute Gasteiger partial charge is 0.492 e. The summed E-state index contributed by atoms with van der Waals surface area (Å²) in [6.07, 6.45) is 5.31. The number of halogens is 1. The minimum atomic E-state index is -0.214. The van der Waals surface area contributed by atoms with E-state index in [1.54, 1.807) is 30.6 Å². The molecule has 0 spiro atoms. The second-order valence-corrected chi connectivity index (χ2v) is 7.86. The van der Waals surface area contributed by atoms with E-state index in [0.29, 0.717) is 22.9 Å². The molecule has 2 aromatic heterocycles. The summed E-state index contributed by atoms with van der Waals surface area (Å²) in [5.41, 5.74) is 1.84. The lowest BCUT2D eigenvalue weighted by molar-refractivity contribution is 0.111. The summed E-state index contributed by atoms with van der Waals surface area (Å²) in [7, 11) is 0. The third kappa shape index (κ3) is 4.50. The summed E-state index contributed by atoms with van der Waals surface area (Å²) in [5, 5.41) is 4.03. The summed E-state index contributed by atoms with van der Waals surface area (Å²) in [4.78, 5) is 19.5. The molecule has 0 saturated carbocycles. The fourth-order valence-electron chi connectivity index (χ4n) is 3.44. The molecule has 7 heteroatoms. The summed E-state index contributed by atoms with van der Waals surface area (Å²) < 4.78 is 11.9. The summed E-state index contributed by atoms with van der Waals surface area (Å²) >= 11 is 5.87. The molecule has 1 saturated heterocycles. The van der Waals surface area contributed by atoms with E-state index < -0.39 is 0 Å². The maximum atomic E-state index is 12.5. The molecule has 1 fully saturated rings. The van der Waals surface area contributed by atoms with E-state index in [2.05, 4.69) is 22.2 Å². The van der Waals surface area contributed by atoms with Gasteiger partial charge in [0.1, 0.15) is 24.7 Å². The van der Waals surface area contributed by atoms with Crippen molar-refractivity contribution in [3.05, 3.63) is 75.9 Å². The van der Waals surface area contributed by atoms with Crippen molar-refractivity contribution in [2.75, 3.05) is 13.2 Å². The number of H-pyrrole nitrogens is 1. The van der Waals surface area contributed by atoms with Crippen LogP contribution in [0.3, 0.4) is 0 Å². The molecule has 1 aromatic carbocycles. The SMILES string of the molecule is CC[C@@]1(COc2ccc(-c3c(OCc4ccc(Cl)cn4)cc[nH]c3=O)cc2)CCN1. The number of hydrogen-bond acceptors (Lipinski definition) is 5. The Balaban J connectivity index is 1.49. The molecular weight excluding hydrogens is 402 g/mol. The van der Waals surface area contributed by atoms with Gasteiger partial charge in [0.05, 0.1) is 21.8 Å². The van der Waals surface area contributed by atoms with E-state index in [-0.39, 0.29) is 17.7 Å². The van der Waals surface area contributed by atoms with Crippen molar-refractivity contribution in [1.29, 1.82) is 0 Å². The summed E-state index contributed by atoms with van der Waals surface area (Å²) in [6.45, 7) is 4.08. The lowest BCUT2D eigenvalue weighted by Gasteiger charge is -2.42. The Morgan fingerprint density at radius 2 is 1.93 bits per heavy atom. The van der Waals surface area contributed by atoms with Crippen LogP contribution in [0.4, 0.5) is 0 Å². The Hall–Kier alpha value is -2.83. The van der Waals surface area contributed by atoms with Crippen LogP contribution in [0, 0.1) is 0 Å². The quantitative estimate of drug-likeness (QED) is 0.566. The Kier molecular flexibility index (Phi) is 6.06. The molecule has 1 aliphatic heterocycles. The molecule has 0 bridgehead atoms. The van der Waals surface area contributed by atoms with Crippen molar-refractivity contribution in [1.82, 2.24) is 15.3 Å². The van der Waals surface area contributed by atoms with Crippen molar-refractivity contribution >= 4 is 11.6 Å². The molecular formula is C23H24ClN3O3. The van der Waals surface area contributed by atoms with Crippen LogP contribution in [0.25, 0.3) is 11.1 Å². The minimum absolute atomic E-state index is 0.0892. The zero-order valence-corrected chi connectivity index (χ0v) is 17.5. The molecule has 0 aliphatic carbocycles. The lowest BCUT2D eigenvalue weighted by atomic mass is 9.86. The highest BCUT2D eigenvalue weighted by Gasteiger charge is 2.35. The molecule has 0 unspecified atom stereocenters. The molecule has 0 radical (unpaired) electrons. The van der Waals surface area contributed by atoms with Crippen LogP contribution >= 0.6 is 11.6 Å². The monoisotopic (exact) mass is 425 g/mol. The Labute approximate surface area is 180 Å². The second-order valence-electron chi connectivity index (χ2n) is 7.43. The van der Waals surface area contributed by atoms with Crippen LogP contribution in [0.5, 0.6) is 11.5 Å². The number of ether oxygens (including phenoxy) is 2. The van der Waals surface area contributed by atoms with Gasteiger partial charge in [-0.15, -0.1) is 0 Å². The van der Waals surface area contributed by atoms with E-state index in [1.807, 2.05) is 24.3 Å². The van der Waals surface area contributed by atoms with Crippen molar-refractivity contribution in [2.24, 2.45) is 0 Å². The highest BCUT2D eigenvalue weighted by molar-refractivity contribution is 6.30. The Bertz CT molecular complexity index is 1040. The second kappa shape index (κ2) is 8.90. The van der Waals surface area contributed by atoms with Gasteiger partial charge in [-0.25, -0.2) is 0 Å². The first-order valence-electron chi connectivity index (χ1n) is 10.0. The molecule has 6 nitrogen and oxygen atoms in total. The average molecular weight is 426 g/mol. The van der Waals surface area contributed by atoms with Gasteiger partial charge in [-0.3, -0.25) is 9.78 Å². The first-order chi connectivity index (χ1) is 14.6. The highest BCUT2D eigenvalue weighted by atomic mass is 35.5. The number of hydrogen-bond donors (Lipinski definition) is 2. The molecule has 3 aromatic rings. The highest BCUT2D eigenvalue weighted by Crippen LogP contribution is 2.29. The van der Waals surface area contributed by atoms with Crippen LogP contribution < -0.4 is 20.3 Å². The Morgan fingerprint density at radius 1 is 1.13 bits per heavy atom. The zero-order chi connectivity index (χ0) is 21.0. The number of nitrogens with zero attached hydrogens (tertiary/aromatic N) is 1. The van der Waals surface area contributed by atoms with E-state index in [0.717, 1.165) is 36.4 Å². The smallest absolute Gasteiger partial charge is 0.259 e. The van der Waals surface area contributed by atoms with Crippen LogP contribution in [-0.2, 0) is 6.61 Å². The predicted octanol–water partition coefficient (Wildman–Crippen LogP) is 4.19. The lowest BCUT2D eigenvalue weighted by Crippen LogP contribution is -2.60. The van der Waals surface area contributed by atoms with E-state index in [9.17, 15) is 4.79 Å².